The average Bonchev–Trinajstić information content (AvgIpc) is 3.00. The Kier molecular flexibility index (Phi) is 3.00. The first-order valence-electron chi connectivity index (χ1n) is 6.06. The van der Waals surface area contributed by atoms with Crippen molar-refractivity contribution in [3.63, 3.8) is 0 Å². The molecule has 0 aliphatic rings. The van der Waals surface area contributed by atoms with Crippen molar-refractivity contribution in [1.29, 1.82) is 0 Å². The van der Waals surface area contributed by atoms with Gasteiger partial charge in [0.25, 0.3) is 0 Å². The van der Waals surface area contributed by atoms with E-state index >= 15 is 0 Å². The Bertz CT molecular complexity index is 793. The third-order valence-corrected chi connectivity index (χ3v) is 3.23. The van der Waals surface area contributed by atoms with Crippen molar-refractivity contribution in [1.82, 2.24) is 19.9 Å². The van der Waals surface area contributed by atoms with Crippen LogP contribution in [0.15, 0.2) is 35.6 Å². The molecule has 2 N–H and O–H groups in total. The second-order valence-electron chi connectivity index (χ2n) is 4.14. The summed E-state index contributed by atoms with van der Waals surface area (Å²) < 4.78 is 2.16. The summed E-state index contributed by atoms with van der Waals surface area (Å²) in [7, 11) is 0. The maximum atomic E-state index is 5.15. The number of benzene rings is 1. The van der Waals surface area contributed by atoms with Gasteiger partial charge in [0.2, 0.25) is 4.77 Å². The fourth-order valence-electron chi connectivity index (χ4n) is 1.99. The molecule has 0 bridgehead atoms. The molecule has 0 aliphatic heterocycles. The van der Waals surface area contributed by atoms with Crippen molar-refractivity contribution in [2.45, 2.75) is 13.3 Å². The molecule has 0 atom stereocenters. The van der Waals surface area contributed by atoms with Gasteiger partial charge in [0, 0.05) is 29.1 Å². The van der Waals surface area contributed by atoms with E-state index in [-0.39, 0.29) is 0 Å². The van der Waals surface area contributed by atoms with Gasteiger partial charge in [-0.15, -0.1) is 0 Å². The Labute approximate surface area is 115 Å². The number of nitrogens with one attached hydrogen (secondary N) is 2. The number of aromatic amines is 2. The molecule has 0 fully saturated rings. The topological polar surface area (TPSA) is 61.8 Å². The zero-order chi connectivity index (χ0) is 13.2. The van der Waals surface area contributed by atoms with Crippen LogP contribution in [-0.2, 0) is 6.42 Å². The second kappa shape index (κ2) is 4.81. The van der Waals surface area contributed by atoms with Crippen molar-refractivity contribution in [2.75, 3.05) is 0 Å². The van der Waals surface area contributed by atoms with Crippen LogP contribution in [0.1, 0.15) is 18.3 Å². The summed E-state index contributed by atoms with van der Waals surface area (Å²) in [6.07, 6.45) is 4.51. The van der Waals surface area contributed by atoms with Crippen LogP contribution in [0, 0.1) is 4.77 Å². The first-order valence-corrected chi connectivity index (χ1v) is 6.47. The van der Waals surface area contributed by atoms with E-state index in [4.69, 9.17) is 12.2 Å². The zero-order valence-corrected chi connectivity index (χ0v) is 11.2. The molecular formula is C13H13N5S. The highest BCUT2D eigenvalue weighted by Crippen LogP contribution is 2.15. The lowest BCUT2D eigenvalue weighted by Crippen LogP contribution is -1.97. The lowest BCUT2D eigenvalue weighted by molar-refractivity contribution is 0.780. The average molecular weight is 271 g/mol. The van der Waals surface area contributed by atoms with Crippen LogP contribution < -0.4 is 0 Å². The van der Waals surface area contributed by atoms with E-state index in [1.165, 1.54) is 0 Å². The number of hydrogen-bond acceptors (Lipinski definition) is 3. The summed E-state index contributed by atoms with van der Waals surface area (Å²) in [5.74, 6) is 0.820. The first-order chi connectivity index (χ1) is 9.29. The molecular weight excluding hydrogens is 258 g/mol. The predicted octanol–water partition coefficient (Wildman–Crippen LogP) is 2.87. The molecule has 0 spiro atoms. The van der Waals surface area contributed by atoms with Gasteiger partial charge in [-0.2, -0.15) is 14.9 Å². The number of rotatable bonds is 3. The van der Waals surface area contributed by atoms with Crippen LogP contribution in [0.4, 0.5) is 0 Å². The Morgan fingerprint density at radius 1 is 1.42 bits per heavy atom. The summed E-state index contributed by atoms with van der Waals surface area (Å²) in [5, 5.41) is 12.4. The van der Waals surface area contributed by atoms with E-state index in [1.54, 1.807) is 10.9 Å². The highest BCUT2D eigenvalue weighted by Gasteiger charge is 2.03. The van der Waals surface area contributed by atoms with E-state index < -0.39 is 0 Å². The van der Waals surface area contributed by atoms with Crippen molar-refractivity contribution < 1.29 is 0 Å². The van der Waals surface area contributed by atoms with Gasteiger partial charge < -0.3 is 4.98 Å². The largest absolute Gasteiger partial charge is 0.361 e. The lowest BCUT2D eigenvalue weighted by atomic mass is 10.2. The van der Waals surface area contributed by atoms with Crippen LogP contribution in [0.25, 0.3) is 10.9 Å². The van der Waals surface area contributed by atoms with E-state index in [2.05, 4.69) is 26.3 Å². The number of H-pyrrole nitrogens is 2. The second-order valence-corrected chi connectivity index (χ2v) is 4.53. The fourth-order valence-corrected chi connectivity index (χ4v) is 2.19. The first kappa shape index (κ1) is 11.9. The molecule has 3 aromatic rings. The minimum Gasteiger partial charge on any atom is -0.361 e. The molecule has 0 radical (unpaired) electrons. The van der Waals surface area contributed by atoms with Crippen molar-refractivity contribution in [3.8, 4) is 0 Å². The van der Waals surface area contributed by atoms with Crippen molar-refractivity contribution in [3.05, 3.63) is 46.6 Å². The molecule has 96 valence electrons. The quantitative estimate of drug-likeness (QED) is 0.568. The zero-order valence-electron chi connectivity index (χ0n) is 10.4. The fraction of sp³-hybridized carbons (Fsp3) is 0.154. The molecule has 2 heterocycles. The van der Waals surface area contributed by atoms with Crippen molar-refractivity contribution in [2.24, 2.45) is 5.10 Å². The van der Waals surface area contributed by atoms with E-state index in [9.17, 15) is 0 Å². The number of nitrogens with zero attached hydrogens (tertiary/aromatic N) is 3. The minimum absolute atomic E-state index is 0.507. The van der Waals surface area contributed by atoms with Gasteiger partial charge in [-0.1, -0.05) is 25.1 Å². The minimum atomic E-state index is 0.507. The Balaban J connectivity index is 2.03. The smallest absolute Gasteiger partial charge is 0.216 e. The lowest BCUT2D eigenvalue weighted by Gasteiger charge is -1.96. The van der Waals surface area contributed by atoms with Crippen molar-refractivity contribution >= 4 is 29.3 Å². The maximum absolute atomic E-state index is 5.15. The molecule has 2 aromatic heterocycles. The predicted molar refractivity (Wildman–Crippen MR) is 78.1 cm³/mol. The SMILES string of the molecule is CCc1n[nH]c(=S)n1/N=C/c1c[nH]c2ccccc12. The molecule has 0 aliphatic carbocycles. The molecule has 6 heteroatoms. The maximum Gasteiger partial charge on any atom is 0.216 e. The number of aromatic nitrogens is 4. The van der Waals surface area contributed by atoms with E-state index in [1.807, 2.05) is 31.3 Å². The van der Waals surface area contributed by atoms with Crippen LogP contribution in [0.5, 0.6) is 0 Å². The third kappa shape index (κ3) is 2.10. The van der Waals surface area contributed by atoms with Gasteiger partial charge in [0.05, 0.1) is 6.21 Å². The number of fused-ring (bicyclic) bond motifs is 1. The van der Waals surface area contributed by atoms with Crippen LogP contribution in [0.2, 0.25) is 0 Å². The molecule has 0 amide bonds. The third-order valence-electron chi connectivity index (χ3n) is 2.97. The summed E-state index contributed by atoms with van der Waals surface area (Å²) in [4.78, 5) is 3.21. The Hall–Kier alpha value is -2.21. The summed E-state index contributed by atoms with van der Waals surface area (Å²) in [5.41, 5.74) is 2.12. The molecule has 1 aromatic carbocycles. The number of hydrogen-bond donors (Lipinski definition) is 2. The Morgan fingerprint density at radius 3 is 3.11 bits per heavy atom. The molecule has 5 nitrogen and oxygen atoms in total. The Morgan fingerprint density at radius 2 is 2.26 bits per heavy atom. The van der Waals surface area contributed by atoms with Gasteiger partial charge in [-0.3, -0.25) is 5.10 Å². The number of aryl methyl sites for hydroxylation is 1. The molecule has 0 saturated heterocycles. The highest BCUT2D eigenvalue weighted by atomic mass is 32.1. The summed E-state index contributed by atoms with van der Waals surface area (Å²) in [6, 6.07) is 8.10. The molecule has 0 unspecified atom stereocenters. The normalized spacial score (nSPS) is 11.6. The van der Waals surface area contributed by atoms with Crippen LogP contribution in [0.3, 0.4) is 0 Å². The highest BCUT2D eigenvalue weighted by molar-refractivity contribution is 7.71. The molecule has 19 heavy (non-hydrogen) atoms. The summed E-state index contributed by atoms with van der Waals surface area (Å²) in [6.45, 7) is 2.02. The van der Waals surface area contributed by atoms with Crippen LogP contribution >= 0.6 is 12.2 Å². The monoisotopic (exact) mass is 271 g/mol. The van der Waals surface area contributed by atoms with E-state index in [0.29, 0.717) is 4.77 Å². The molecule has 3 rings (SSSR count). The van der Waals surface area contributed by atoms with Gasteiger partial charge in [0.1, 0.15) is 0 Å². The van der Waals surface area contributed by atoms with Gasteiger partial charge in [-0.05, 0) is 18.3 Å². The van der Waals surface area contributed by atoms with E-state index in [0.717, 1.165) is 28.7 Å². The van der Waals surface area contributed by atoms with Gasteiger partial charge in [0.15, 0.2) is 5.82 Å². The standard InChI is InChI=1S/C13H13N5S/c1-2-12-16-17-13(19)18(12)15-8-9-7-14-11-6-4-3-5-10(9)11/h3-8,14H,2H2,1H3,(H,17,19)/b15-8+. The van der Waals surface area contributed by atoms with Gasteiger partial charge >= 0.3 is 0 Å². The van der Waals surface area contributed by atoms with Gasteiger partial charge in [-0.25, -0.2) is 0 Å². The molecule has 0 saturated carbocycles. The summed E-state index contributed by atoms with van der Waals surface area (Å²) >= 11 is 5.15. The number of para-hydroxylation sites is 1. The van der Waals surface area contributed by atoms with Crippen LogP contribution in [-0.4, -0.2) is 26.1 Å².